The van der Waals surface area contributed by atoms with Gasteiger partial charge in [-0.05, 0) is 6.08 Å². The molecule has 0 unspecified atom stereocenters. The van der Waals surface area contributed by atoms with E-state index in [9.17, 15) is 0 Å². The molecule has 1 saturated heterocycles. The molecule has 1 aliphatic heterocycles. The second-order valence-electron chi connectivity index (χ2n) is 4.31. The summed E-state index contributed by atoms with van der Waals surface area (Å²) in [5, 5.41) is 0. The third kappa shape index (κ3) is 3.79. The van der Waals surface area contributed by atoms with Crippen LogP contribution in [0.4, 0.5) is 0 Å². The summed E-state index contributed by atoms with van der Waals surface area (Å²) in [6.07, 6.45) is 9.05. The molecule has 102 valence electrons. The van der Waals surface area contributed by atoms with Gasteiger partial charge in [0.2, 0.25) is 0 Å². The molecule has 3 nitrogen and oxygen atoms in total. The van der Waals surface area contributed by atoms with Crippen LogP contribution in [0.1, 0.15) is 26.7 Å². The molecule has 1 saturated carbocycles. The Morgan fingerprint density at radius 1 is 1.28 bits per heavy atom. The second-order valence-corrected chi connectivity index (χ2v) is 5.22. The fourth-order valence-corrected chi connectivity index (χ4v) is 2.32. The van der Waals surface area contributed by atoms with E-state index in [1.807, 2.05) is 32.1 Å². The summed E-state index contributed by atoms with van der Waals surface area (Å²) in [6.45, 7) is 9.01. The fourth-order valence-electron chi connectivity index (χ4n) is 2.17. The maximum Gasteiger partial charge on any atom is 0.172 e. The number of hydrogen-bond acceptors (Lipinski definition) is 3. The number of rotatable bonds is 3. The Bertz CT molecular complexity index is 336. The molecule has 18 heavy (non-hydrogen) atoms. The third-order valence-corrected chi connectivity index (χ3v) is 3.48. The lowest BCUT2D eigenvalue weighted by molar-refractivity contribution is -0.227. The van der Waals surface area contributed by atoms with Crippen LogP contribution in [-0.2, 0) is 9.47 Å². The van der Waals surface area contributed by atoms with Crippen LogP contribution in [0, 0.1) is 0 Å². The van der Waals surface area contributed by atoms with Crippen molar-refractivity contribution in [3.8, 4) is 0 Å². The van der Waals surface area contributed by atoms with E-state index in [1.165, 1.54) is 0 Å². The summed E-state index contributed by atoms with van der Waals surface area (Å²) >= 11 is 3.35. The molecule has 2 rings (SSSR count). The molecule has 0 bridgehead atoms. The Morgan fingerprint density at radius 2 is 1.83 bits per heavy atom. The van der Waals surface area contributed by atoms with Gasteiger partial charge in [0, 0.05) is 22.9 Å². The molecule has 0 amide bonds. The molecular weight excluding hydrogens is 294 g/mol. The summed E-state index contributed by atoms with van der Waals surface area (Å²) in [5.41, 5.74) is 5.87. The first kappa shape index (κ1) is 15.6. The normalized spacial score (nSPS) is 24.6. The van der Waals surface area contributed by atoms with Gasteiger partial charge in [0.25, 0.3) is 0 Å². The molecule has 0 atom stereocenters. The van der Waals surface area contributed by atoms with Crippen LogP contribution in [0.2, 0.25) is 0 Å². The summed E-state index contributed by atoms with van der Waals surface area (Å²) in [6, 6.07) is 0. The summed E-state index contributed by atoms with van der Waals surface area (Å²) in [5.74, 6) is -0.390. The zero-order valence-electron chi connectivity index (χ0n) is 11.1. The van der Waals surface area contributed by atoms with Crippen LogP contribution < -0.4 is 5.73 Å². The first-order valence-electron chi connectivity index (χ1n) is 6.32. The molecule has 1 aliphatic carbocycles. The average Bonchev–Trinajstić information content (AvgIpc) is 2.79. The predicted octanol–water partition coefficient (Wildman–Crippen LogP) is 3.27. The molecule has 4 heteroatoms. The quantitative estimate of drug-likeness (QED) is 0.813. The Kier molecular flexibility index (Phi) is 5.79. The molecule has 2 aliphatic rings. The molecule has 0 aromatic heterocycles. The highest BCUT2D eigenvalue weighted by Crippen LogP contribution is 2.46. The minimum Gasteiger partial charge on any atom is -0.347 e. The van der Waals surface area contributed by atoms with Gasteiger partial charge in [0.1, 0.15) is 0 Å². The highest BCUT2D eigenvalue weighted by molar-refractivity contribution is 9.11. The van der Waals surface area contributed by atoms with Crippen molar-refractivity contribution in [3.05, 3.63) is 35.4 Å². The zero-order chi connectivity index (χ0) is 13.6. The Balaban J connectivity index is 0.000000771. The number of hydrogen-bond donors (Lipinski definition) is 1. The van der Waals surface area contributed by atoms with Gasteiger partial charge in [-0.25, -0.2) is 0 Å². The van der Waals surface area contributed by atoms with Crippen molar-refractivity contribution in [1.82, 2.24) is 0 Å². The standard InChI is InChI=1S/C12H16BrNO2.C2H6/c1-2-10(13)4-3-5-11(14)8-12(9-11)15-6-7-16-12;1-2/h2-5H,1,6-9,14H2;1-2H3/b5-3+,10-4+;. The van der Waals surface area contributed by atoms with Gasteiger partial charge in [0.15, 0.2) is 5.79 Å². The predicted molar refractivity (Wildman–Crippen MR) is 78.5 cm³/mol. The van der Waals surface area contributed by atoms with Gasteiger partial charge >= 0.3 is 0 Å². The van der Waals surface area contributed by atoms with Crippen LogP contribution in [0.3, 0.4) is 0 Å². The van der Waals surface area contributed by atoms with E-state index in [0.717, 1.165) is 17.3 Å². The van der Waals surface area contributed by atoms with E-state index < -0.39 is 5.79 Å². The van der Waals surface area contributed by atoms with Crippen molar-refractivity contribution in [2.75, 3.05) is 13.2 Å². The highest BCUT2D eigenvalue weighted by atomic mass is 79.9. The molecule has 0 aromatic carbocycles. The molecule has 0 radical (unpaired) electrons. The third-order valence-electron chi connectivity index (χ3n) is 2.89. The van der Waals surface area contributed by atoms with E-state index in [0.29, 0.717) is 13.2 Å². The number of halogens is 1. The van der Waals surface area contributed by atoms with Gasteiger partial charge in [-0.3, -0.25) is 0 Å². The molecular formula is C14H22BrNO2. The summed E-state index contributed by atoms with van der Waals surface area (Å²) in [4.78, 5) is 0. The highest BCUT2D eigenvalue weighted by Gasteiger charge is 2.55. The lowest BCUT2D eigenvalue weighted by Gasteiger charge is -2.48. The van der Waals surface area contributed by atoms with Crippen LogP contribution in [0.5, 0.6) is 0 Å². The Hall–Kier alpha value is -0.420. The van der Waals surface area contributed by atoms with Crippen LogP contribution in [-0.4, -0.2) is 24.5 Å². The lowest BCUT2D eigenvalue weighted by atomic mass is 9.72. The smallest absolute Gasteiger partial charge is 0.172 e. The van der Waals surface area contributed by atoms with E-state index in [4.69, 9.17) is 15.2 Å². The number of ether oxygens (including phenoxy) is 2. The maximum absolute atomic E-state index is 6.17. The Labute approximate surface area is 118 Å². The van der Waals surface area contributed by atoms with E-state index in [2.05, 4.69) is 22.5 Å². The zero-order valence-corrected chi connectivity index (χ0v) is 12.7. The second kappa shape index (κ2) is 6.66. The topological polar surface area (TPSA) is 44.5 Å². The largest absolute Gasteiger partial charge is 0.347 e. The number of nitrogens with two attached hydrogens (primary N) is 1. The number of allylic oxidation sites excluding steroid dienone is 4. The molecule has 1 spiro atoms. The van der Waals surface area contributed by atoms with Crippen LogP contribution in [0.25, 0.3) is 0 Å². The van der Waals surface area contributed by atoms with Crippen molar-refractivity contribution < 1.29 is 9.47 Å². The summed E-state index contributed by atoms with van der Waals surface area (Å²) in [7, 11) is 0. The molecule has 0 aromatic rings. The minimum atomic E-state index is -0.390. The van der Waals surface area contributed by atoms with Crippen molar-refractivity contribution in [1.29, 1.82) is 0 Å². The Morgan fingerprint density at radius 3 is 2.33 bits per heavy atom. The van der Waals surface area contributed by atoms with Crippen molar-refractivity contribution in [2.24, 2.45) is 5.73 Å². The molecule has 1 heterocycles. The van der Waals surface area contributed by atoms with Gasteiger partial charge in [-0.1, -0.05) is 54.6 Å². The molecule has 2 N–H and O–H groups in total. The van der Waals surface area contributed by atoms with E-state index in [1.54, 1.807) is 6.08 Å². The molecule has 2 fully saturated rings. The van der Waals surface area contributed by atoms with Crippen molar-refractivity contribution in [2.45, 2.75) is 38.0 Å². The minimum absolute atomic E-state index is 0.296. The van der Waals surface area contributed by atoms with Crippen LogP contribution in [0.15, 0.2) is 35.4 Å². The maximum atomic E-state index is 6.17. The van der Waals surface area contributed by atoms with Crippen molar-refractivity contribution >= 4 is 15.9 Å². The fraction of sp³-hybridized carbons (Fsp3) is 0.571. The SMILES string of the molecule is C=C/C(Br)=C\C=C\C1(N)CC2(C1)OCCO2.CC. The van der Waals surface area contributed by atoms with E-state index >= 15 is 0 Å². The van der Waals surface area contributed by atoms with E-state index in [-0.39, 0.29) is 5.54 Å². The lowest BCUT2D eigenvalue weighted by Crippen LogP contribution is -2.61. The van der Waals surface area contributed by atoms with Crippen LogP contribution >= 0.6 is 15.9 Å². The first-order chi connectivity index (χ1) is 8.58. The van der Waals surface area contributed by atoms with Gasteiger partial charge in [-0.2, -0.15) is 0 Å². The average molecular weight is 316 g/mol. The van der Waals surface area contributed by atoms with Gasteiger partial charge in [0.05, 0.1) is 13.2 Å². The van der Waals surface area contributed by atoms with Crippen molar-refractivity contribution in [3.63, 3.8) is 0 Å². The van der Waals surface area contributed by atoms with Gasteiger partial charge in [-0.15, -0.1) is 0 Å². The first-order valence-corrected chi connectivity index (χ1v) is 7.11. The summed E-state index contributed by atoms with van der Waals surface area (Å²) < 4.78 is 12.0. The van der Waals surface area contributed by atoms with Gasteiger partial charge < -0.3 is 15.2 Å². The monoisotopic (exact) mass is 315 g/mol.